The Morgan fingerprint density at radius 2 is 1.88 bits per heavy atom. The zero-order valence-corrected chi connectivity index (χ0v) is 21.6. The zero-order chi connectivity index (χ0) is 27.1. The predicted molar refractivity (Wildman–Crippen MR) is 150 cm³/mol. The summed E-state index contributed by atoms with van der Waals surface area (Å²) in [4.78, 5) is 19.2. The third-order valence-corrected chi connectivity index (χ3v) is 7.26. The molecular formula is C30H26FN7O2. The normalized spacial score (nSPS) is 13.9. The number of H-pyrrole nitrogens is 2. The van der Waals surface area contributed by atoms with Crippen molar-refractivity contribution in [1.82, 2.24) is 35.0 Å². The number of halogens is 1. The van der Waals surface area contributed by atoms with Crippen molar-refractivity contribution in [2.24, 2.45) is 0 Å². The minimum Gasteiger partial charge on any atom is -0.506 e. The van der Waals surface area contributed by atoms with Gasteiger partial charge in [-0.3, -0.25) is 20.0 Å². The van der Waals surface area contributed by atoms with Crippen LogP contribution in [0.25, 0.3) is 55.8 Å². The first-order valence-electron chi connectivity index (χ1n) is 13.2. The minimum absolute atomic E-state index is 0.0640. The van der Waals surface area contributed by atoms with Gasteiger partial charge in [0.2, 0.25) is 0 Å². The molecule has 5 heterocycles. The van der Waals surface area contributed by atoms with Gasteiger partial charge in [-0.05, 0) is 61.8 Å². The summed E-state index contributed by atoms with van der Waals surface area (Å²) in [6.07, 6.45) is 7.16. The van der Waals surface area contributed by atoms with Crippen LogP contribution in [0, 0.1) is 5.82 Å². The Morgan fingerprint density at radius 3 is 2.75 bits per heavy atom. The van der Waals surface area contributed by atoms with Gasteiger partial charge in [0, 0.05) is 35.3 Å². The molecule has 1 fully saturated rings. The topological polar surface area (TPSA) is 116 Å². The number of nitrogens with one attached hydrogen (secondary N) is 2. The van der Waals surface area contributed by atoms with Crippen molar-refractivity contribution < 1.29 is 14.2 Å². The average molecular weight is 536 g/mol. The van der Waals surface area contributed by atoms with Crippen molar-refractivity contribution in [2.45, 2.75) is 12.8 Å². The van der Waals surface area contributed by atoms with Gasteiger partial charge in [-0.25, -0.2) is 9.37 Å². The highest BCUT2D eigenvalue weighted by Crippen LogP contribution is 2.34. The molecule has 3 N–H and O–H groups in total. The van der Waals surface area contributed by atoms with Gasteiger partial charge in [0.25, 0.3) is 0 Å². The smallest absolute Gasteiger partial charge is 0.159 e. The van der Waals surface area contributed by atoms with Crippen LogP contribution >= 0.6 is 0 Å². The number of fused-ring (bicyclic) bond motifs is 2. The number of hydrogen-bond donors (Lipinski definition) is 3. The van der Waals surface area contributed by atoms with Crippen LogP contribution in [0.15, 0.2) is 67.1 Å². The molecule has 7 rings (SSSR count). The van der Waals surface area contributed by atoms with Crippen LogP contribution in [0.1, 0.15) is 12.8 Å². The lowest BCUT2D eigenvalue weighted by atomic mass is 10.0. The van der Waals surface area contributed by atoms with Crippen LogP contribution in [0.5, 0.6) is 11.5 Å². The maximum Gasteiger partial charge on any atom is 0.159 e. The molecule has 1 aliphatic rings. The van der Waals surface area contributed by atoms with Crippen LogP contribution in [0.3, 0.4) is 0 Å². The van der Waals surface area contributed by atoms with Crippen molar-refractivity contribution in [2.75, 3.05) is 26.2 Å². The van der Waals surface area contributed by atoms with Crippen molar-refractivity contribution >= 4 is 21.9 Å². The molecule has 1 aliphatic heterocycles. The van der Waals surface area contributed by atoms with Crippen LogP contribution in [-0.2, 0) is 0 Å². The molecular weight excluding hydrogens is 509 g/mol. The van der Waals surface area contributed by atoms with Crippen molar-refractivity contribution in [3.8, 4) is 45.4 Å². The molecule has 0 aliphatic carbocycles. The number of benzene rings is 2. The maximum atomic E-state index is 14.7. The van der Waals surface area contributed by atoms with E-state index in [1.54, 1.807) is 18.5 Å². The molecule has 10 heteroatoms. The summed E-state index contributed by atoms with van der Waals surface area (Å²) in [5.74, 6) is 0.774. The van der Waals surface area contributed by atoms with Gasteiger partial charge in [0.15, 0.2) is 5.82 Å². The number of aromatic nitrogens is 6. The van der Waals surface area contributed by atoms with Crippen molar-refractivity contribution in [1.29, 1.82) is 0 Å². The number of pyridine rings is 2. The molecule has 4 aromatic heterocycles. The monoisotopic (exact) mass is 535 g/mol. The summed E-state index contributed by atoms with van der Waals surface area (Å²) in [6, 6.07) is 14.1. The fourth-order valence-corrected chi connectivity index (χ4v) is 5.30. The number of likely N-dealkylation sites (tertiary alicyclic amines) is 1. The quantitative estimate of drug-likeness (QED) is 0.245. The molecule has 0 radical (unpaired) electrons. The Labute approximate surface area is 228 Å². The first-order chi connectivity index (χ1) is 19.6. The van der Waals surface area contributed by atoms with E-state index in [-0.39, 0.29) is 11.6 Å². The molecule has 6 aromatic rings. The summed E-state index contributed by atoms with van der Waals surface area (Å²) in [7, 11) is 0. The van der Waals surface area contributed by atoms with Gasteiger partial charge in [0.1, 0.15) is 29.6 Å². The van der Waals surface area contributed by atoms with Gasteiger partial charge < -0.3 is 14.8 Å². The molecule has 1 saturated heterocycles. The second kappa shape index (κ2) is 10.0. The largest absolute Gasteiger partial charge is 0.506 e. The van der Waals surface area contributed by atoms with E-state index in [2.05, 4.69) is 30.0 Å². The Morgan fingerprint density at radius 1 is 0.975 bits per heavy atom. The predicted octanol–water partition coefficient (Wildman–Crippen LogP) is 5.55. The van der Waals surface area contributed by atoms with Crippen LogP contribution < -0.4 is 4.74 Å². The van der Waals surface area contributed by atoms with E-state index in [9.17, 15) is 9.50 Å². The third kappa shape index (κ3) is 4.62. The third-order valence-electron chi connectivity index (χ3n) is 7.26. The number of rotatable bonds is 7. The number of hydrogen-bond acceptors (Lipinski definition) is 7. The fourth-order valence-electron chi connectivity index (χ4n) is 5.30. The number of aromatic hydroxyl groups is 1. The molecule has 200 valence electrons. The number of imidazole rings is 1. The Kier molecular flexibility index (Phi) is 6.09. The second-order valence-electron chi connectivity index (χ2n) is 9.98. The maximum absolute atomic E-state index is 14.7. The van der Waals surface area contributed by atoms with Gasteiger partial charge in [-0.2, -0.15) is 5.10 Å². The summed E-state index contributed by atoms with van der Waals surface area (Å²) in [5.41, 5.74) is 5.68. The van der Waals surface area contributed by atoms with Gasteiger partial charge in [0.05, 0.1) is 34.6 Å². The fraction of sp³-hybridized carbons (Fsp3) is 0.200. The first kappa shape index (κ1) is 24.2. The van der Waals surface area contributed by atoms with E-state index < -0.39 is 0 Å². The Balaban J connectivity index is 1.23. The van der Waals surface area contributed by atoms with E-state index >= 15 is 0 Å². The molecule has 2 aromatic carbocycles. The Hall–Kier alpha value is -4.83. The van der Waals surface area contributed by atoms with E-state index in [1.165, 1.54) is 31.2 Å². The van der Waals surface area contributed by atoms with Crippen LogP contribution in [-0.4, -0.2) is 66.4 Å². The highest BCUT2D eigenvalue weighted by atomic mass is 19.1. The minimum atomic E-state index is -0.360. The number of para-hydroxylation sites is 1. The lowest BCUT2D eigenvalue weighted by molar-refractivity contribution is 0.237. The van der Waals surface area contributed by atoms with E-state index in [4.69, 9.17) is 9.72 Å². The van der Waals surface area contributed by atoms with E-state index in [0.717, 1.165) is 41.6 Å². The SMILES string of the molecule is Oc1cncc(-c2cc3c(-c4nc5c(-c6cc(F)cc(OCCN7CCCC7)c6)cccc5[nH]4)n[nH]c3cn2)c1. The molecule has 0 atom stereocenters. The molecule has 0 bridgehead atoms. The van der Waals surface area contributed by atoms with Crippen LogP contribution in [0.2, 0.25) is 0 Å². The van der Waals surface area contributed by atoms with Crippen molar-refractivity contribution in [3.05, 3.63) is 72.9 Å². The second-order valence-corrected chi connectivity index (χ2v) is 9.98. The number of nitrogens with zero attached hydrogens (tertiary/aromatic N) is 5. The molecule has 0 spiro atoms. The number of ether oxygens (including phenoxy) is 1. The first-order valence-corrected chi connectivity index (χ1v) is 13.2. The zero-order valence-electron chi connectivity index (χ0n) is 21.6. The molecule has 0 unspecified atom stereocenters. The molecule has 9 nitrogen and oxygen atoms in total. The highest BCUT2D eigenvalue weighted by Gasteiger charge is 2.17. The molecule has 0 amide bonds. The van der Waals surface area contributed by atoms with Gasteiger partial charge in [-0.15, -0.1) is 0 Å². The lowest BCUT2D eigenvalue weighted by Crippen LogP contribution is -2.25. The molecule has 40 heavy (non-hydrogen) atoms. The van der Waals surface area contributed by atoms with Gasteiger partial charge >= 0.3 is 0 Å². The van der Waals surface area contributed by atoms with E-state index in [0.29, 0.717) is 46.2 Å². The summed E-state index contributed by atoms with van der Waals surface area (Å²) in [5, 5.41) is 18.2. The van der Waals surface area contributed by atoms with Crippen molar-refractivity contribution in [3.63, 3.8) is 0 Å². The lowest BCUT2D eigenvalue weighted by Gasteiger charge is -2.15. The average Bonchev–Trinajstić information content (AvgIpc) is 3.72. The summed E-state index contributed by atoms with van der Waals surface area (Å²) < 4.78 is 20.6. The standard InChI is InChI=1S/C30H26FN7O2/c31-20-10-18(12-22(13-20)40-9-8-38-6-1-2-7-38)23-4-3-5-25-28(23)35-30(34-25)29-24-14-26(33-17-27(24)36-37-29)19-11-21(39)16-32-15-19/h3-5,10-17,39H,1-2,6-9H2,(H,34,35)(H,36,37). The Bertz CT molecular complexity index is 1840. The van der Waals surface area contributed by atoms with E-state index in [1.807, 2.05) is 30.3 Å². The van der Waals surface area contributed by atoms with Crippen LogP contribution in [0.4, 0.5) is 4.39 Å². The number of aromatic amines is 2. The summed E-state index contributed by atoms with van der Waals surface area (Å²) >= 11 is 0. The summed E-state index contributed by atoms with van der Waals surface area (Å²) in [6.45, 7) is 3.54. The molecule has 0 saturated carbocycles. The van der Waals surface area contributed by atoms with Gasteiger partial charge in [-0.1, -0.05) is 12.1 Å². The highest BCUT2D eigenvalue weighted by molar-refractivity contribution is 5.97.